The van der Waals surface area contributed by atoms with Crippen LogP contribution in [-0.4, -0.2) is 29.6 Å². The first-order chi connectivity index (χ1) is 7.61. The Bertz CT molecular complexity index is 315. The fraction of sp³-hybridized carbons (Fsp3) is 0.714. The van der Waals surface area contributed by atoms with Gasteiger partial charge in [0.05, 0.1) is 11.9 Å². The molecule has 2 rings (SSSR count). The van der Waals surface area contributed by atoms with Crippen LogP contribution in [0.25, 0.3) is 0 Å². The maximum Gasteiger partial charge on any atom is 0.0982 e. The van der Waals surface area contributed by atoms with Crippen LogP contribution in [-0.2, 0) is 0 Å². The summed E-state index contributed by atoms with van der Waals surface area (Å²) >= 11 is 0. The van der Waals surface area contributed by atoms with E-state index in [1.165, 1.54) is 31.5 Å². The topological polar surface area (TPSA) is 6.48 Å². The highest BCUT2D eigenvalue weighted by atomic mass is 15.4. The second kappa shape index (κ2) is 4.52. The largest absolute Gasteiger partial charge is 0.356 e. The van der Waals surface area contributed by atoms with Crippen LogP contribution in [0.5, 0.6) is 0 Å². The summed E-state index contributed by atoms with van der Waals surface area (Å²) in [6.07, 6.45) is 8.86. The Kier molecular flexibility index (Phi) is 3.27. The molecule has 1 atom stereocenters. The zero-order valence-corrected chi connectivity index (χ0v) is 11.0. The van der Waals surface area contributed by atoms with Gasteiger partial charge in [0, 0.05) is 19.3 Å². The van der Waals surface area contributed by atoms with Crippen molar-refractivity contribution in [2.75, 3.05) is 13.6 Å². The summed E-state index contributed by atoms with van der Waals surface area (Å²) in [4.78, 5) is 5.00. The molecule has 0 aromatic rings. The van der Waals surface area contributed by atoms with Crippen LogP contribution < -0.4 is 0 Å². The van der Waals surface area contributed by atoms with Crippen molar-refractivity contribution < 1.29 is 0 Å². The molecule has 1 heterocycles. The molecule has 0 saturated carbocycles. The van der Waals surface area contributed by atoms with Gasteiger partial charge in [0.25, 0.3) is 0 Å². The molecule has 0 N–H and O–H groups in total. The van der Waals surface area contributed by atoms with Crippen molar-refractivity contribution in [1.29, 1.82) is 0 Å². The Morgan fingerprint density at radius 3 is 2.88 bits per heavy atom. The van der Waals surface area contributed by atoms with Crippen molar-refractivity contribution >= 4 is 0 Å². The Labute approximate surface area is 99.6 Å². The molecule has 0 aromatic carbocycles. The van der Waals surface area contributed by atoms with E-state index in [0.717, 1.165) is 5.92 Å². The molecule has 90 valence electrons. The number of allylic oxidation sites excluding steroid dienone is 3. The first-order valence-corrected chi connectivity index (χ1v) is 6.50. The highest BCUT2D eigenvalue weighted by Crippen LogP contribution is 2.34. The monoisotopic (exact) mass is 220 g/mol. The zero-order chi connectivity index (χ0) is 11.7. The van der Waals surface area contributed by atoms with Gasteiger partial charge in [-0.25, -0.2) is 0 Å². The standard InChI is InChI=1S/C14H24N2/c1-11(2)9-10-16-12(3)15(4)13-7-5-6-8-14(13)16/h6,8,11-12H,5,7,9-10H2,1-4H3. The molecule has 1 unspecified atom stereocenters. The minimum absolute atomic E-state index is 0.534. The van der Waals surface area contributed by atoms with Crippen LogP contribution in [0.2, 0.25) is 0 Å². The molecule has 2 aliphatic rings. The first-order valence-electron chi connectivity index (χ1n) is 6.50. The van der Waals surface area contributed by atoms with Crippen LogP contribution >= 0.6 is 0 Å². The fourth-order valence-electron chi connectivity index (χ4n) is 2.60. The molecular formula is C14H24N2. The van der Waals surface area contributed by atoms with Gasteiger partial charge in [-0.2, -0.15) is 0 Å². The number of hydrogen-bond donors (Lipinski definition) is 0. The van der Waals surface area contributed by atoms with Crippen LogP contribution in [0.1, 0.15) is 40.0 Å². The highest BCUT2D eigenvalue weighted by molar-refractivity contribution is 5.32. The maximum absolute atomic E-state index is 2.56. The quantitative estimate of drug-likeness (QED) is 0.720. The lowest BCUT2D eigenvalue weighted by Gasteiger charge is -2.29. The van der Waals surface area contributed by atoms with Crippen molar-refractivity contribution in [2.45, 2.75) is 46.2 Å². The van der Waals surface area contributed by atoms with E-state index in [1.54, 1.807) is 5.70 Å². The third-order valence-corrected chi connectivity index (χ3v) is 3.81. The molecule has 0 amide bonds. The van der Waals surface area contributed by atoms with Gasteiger partial charge in [-0.3, -0.25) is 0 Å². The summed E-state index contributed by atoms with van der Waals surface area (Å²) in [5.41, 5.74) is 3.01. The van der Waals surface area contributed by atoms with E-state index in [-0.39, 0.29) is 0 Å². The van der Waals surface area contributed by atoms with Crippen molar-refractivity contribution in [3.05, 3.63) is 23.5 Å². The first kappa shape index (κ1) is 11.6. The molecule has 0 spiro atoms. The van der Waals surface area contributed by atoms with Crippen LogP contribution in [0.3, 0.4) is 0 Å². The van der Waals surface area contributed by atoms with E-state index in [0.29, 0.717) is 6.17 Å². The maximum atomic E-state index is 2.56. The molecule has 16 heavy (non-hydrogen) atoms. The summed E-state index contributed by atoms with van der Waals surface area (Å²) in [6, 6.07) is 0. The molecule has 1 aliphatic carbocycles. The molecule has 0 bridgehead atoms. The lowest BCUT2D eigenvalue weighted by atomic mass is 10.1. The van der Waals surface area contributed by atoms with Gasteiger partial charge in [-0.15, -0.1) is 0 Å². The third kappa shape index (κ3) is 1.98. The molecule has 1 aliphatic heterocycles. The van der Waals surface area contributed by atoms with Gasteiger partial charge in [0.15, 0.2) is 0 Å². The molecule has 0 aromatic heterocycles. The highest BCUT2D eigenvalue weighted by Gasteiger charge is 2.31. The van der Waals surface area contributed by atoms with E-state index < -0.39 is 0 Å². The van der Waals surface area contributed by atoms with E-state index in [2.05, 4.69) is 49.8 Å². The summed E-state index contributed by atoms with van der Waals surface area (Å²) in [7, 11) is 2.23. The predicted molar refractivity (Wildman–Crippen MR) is 68.8 cm³/mol. The Hall–Kier alpha value is -0.920. The van der Waals surface area contributed by atoms with Crippen molar-refractivity contribution in [3.8, 4) is 0 Å². The smallest absolute Gasteiger partial charge is 0.0982 e. The number of rotatable bonds is 3. The Morgan fingerprint density at radius 2 is 2.19 bits per heavy atom. The minimum atomic E-state index is 0.534. The Morgan fingerprint density at radius 1 is 1.44 bits per heavy atom. The van der Waals surface area contributed by atoms with Crippen LogP contribution in [0.15, 0.2) is 23.5 Å². The molecule has 0 fully saturated rings. The number of hydrogen-bond acceptors (Lipinski definition) is 2. The molecular weight excluding hydrogens is 196 g/mol. The molecule has 0 radical (unpaired) electrons. The summed E-state index contributed by atoms with van der Waals surface area (Å²) < 4.78 is 0. The molecule has 0 saturated heterocycles. The predicted octanol–water partition coefficient (Wildman–Crippen LogP) is 3.19. The van der Waals surface area contributed by atoms with Crippen molar-refractivity contribution in [2.24, 2.45) is 5.92 Å². The fourth-order valence-corrected chi connectivity index (χ4v) is 2.60. The normalized spacial score (nSPS) is 24.7. The second-order valence-corrected chi connectivity index (χ2v) is 5.39. The van der Waals surface area contributed by atoms with Gasteiger partial charge < -0.3 is 9.80 Å². The summed E-state index contributed by atoms with van der Waals surface area (Å²) in [5, 5.41) is 0. The van der Waals surface area contributed by atoms with Gasteiger partial charge >= 0.3 is 0 Å². The Balaban J connectivity index is 2.12. The van der Waals surface area contributed by atoms with E-state index in [1.807, 2.05) is 0 Å². The third-order valence-electron chi connectivity index (χ3n) is 3.81. The average molecular weight is 220 g/mol. The lowest BCUT2D eigenvalue weighted by Crippen LogP contribution is -2.36. The van der Waals surface area contributed by atoms with Gasteiger partial charge in [0.2, 0.25) is 0 Å². The SMILES string of the molecule is CC(C)CCN1C2=C(CCC=C2)N(C)C1C. The van der Waals surface area contributed by atoms with Gasteiger partial charge in [0.1, 0.15) is 0 Å². The molecule has 2 nitrogen and oxygen atoms in total. The van der Waals surface area contributed by atoms with Crippen LogP contribution in [0.4, 0.5) is 0 Å². The van der Waals surface area contributed by atoms with Crippen LogP contribution in [0, 0.1) is 5.92 Å². The zero-order valence-electron chi connectivity index (χ0n) is 11.0. The minimum Gasteiger partial charge on any atom is -0.356 e. The molecule has 2 heteroatoms. The summed E-state index contributed by atoms with van der Waals surface area (Å²) in [5.74, 6) is 0.787. The number of nitrogens with zero attached hydrogens (tertiary/aromatic N) is 2. The second-order valence-electron chi connectivity index (χ2n) is 5.39. The van der Waals surface area contributed by atoms with Crippen molar-refractivity contribution in [1.82, 2.24) is 9.80 Å². The van der Waals surface area contributed by atoms with Gasteiger partial charge in [-0.1, -0.05) is 19.9 Å². The van der Waals surface area contributed by atoms with Gasteiger partial charge in [-0.05, 0) is 38.2 Å². The summed E-state index contributed by atoms with van der Waals surface area (Å²) in [6.45, 7) is 8.10. The average Bonchev–Trinajstić information content (AvgIpc) is 2.50. The lowest BCUT2D eigenvalue weighted by molar-refractivity contribution is 0.174. The van der Waals surface area contributed by atoms with E-state index in [4.69, 9.17) is 0 Å². The van der Waals surface area contributed by atoms with E-state index >= 15 is 0 Å². The van der Waals surface area contributed by atoms with E-state index in [9.17, 15) is 0 Å². The van der Waals surface area contributed by atoms with Crippen molar-refractivity contribution in [3.63, 3.8) is 0 Å².